The first-order chi connectivity index (χ1) is 9.11. The first-order valence-corrected chi connectivity index (χ1v) is 7.25. The van der Waals surface area contributed by atoms with E-state index in [4.69, 9.17) is 0 Å². The summed E-state index contributed by atoms with van der Waals surface area (Å²) in [4.78, 5) is 9.02. The Kier molecular flexibility index (Phi) is 4.82. The van der Waals surface area contributed by atoms with Crippen LogP contribution in [0.4, 0.5) is 5.95 Å². The standard InChI is InChI=1S/C14H27N5/c1-5-19-8-6-7-12(11-19)15-9-13-10-16-14(17(2)3)18(13)4/h10,12,15H,5-9,11H2,1-4H3. The van der Waals surface area contributed by atoms with Gasteiger partial charge in [-0.2, -0.15) is 0 Å². The van der Waals surface area contributed by atoms with Crippen LogP contribution in [0.15, 0.2) is 6.20 Å². The highest BCUT2D eigenvalue weighted by Crippen LogP contribution is 2.13. The minimum absolute atomic E-state index is 0.617. The van der Waals surface area contributed by atoms with Crippen LogP contribution in [0.2, 0.25) is 0 Å². The van der Waals surface area contributed by atoms with Gasteiger partial charge in [0.05, 0.1) is 11.9 Å². The van der Waals surface area contributed by atoms with Crippen LogP contribution < -0.4 is 10.2 Å². The van der Waals surface area contributed by atoms with Crippen molar-refractivity contribution in [2.24, 2.45) is 7.05 Å². The van der Waals surface area contributed by atoms with Gasteiger partial charge >= 0.3 is 0 Å². The third-order valence-electron chi connectivity index (χ3n) is 3.98. The predicted molar refractivity (Wildman–Crippen MR) is 79.5 cm³/mol. The molecule has 1 unspecified atom stereocenters. The molecule has 5 nitrogen and oxygen atoms in total. The maximum absolute atomic E-state index is 4.45. The molecule has 0 saturated carbocycles. The third-order valence-corrected chi connectivity index (χ3v) is 3.98. The van der Waals surface area contributed by atoms with Crippen molar-refractivity contribution < 1.29 is 0 Å². The predicted octanol–water partition coefficient (Wildman–Crippen LogP) is 1.06. The topological polar surface area (TPSA) is 36.3 Å². The van der Waals surface area contributed by atoms with Crippen molar-refractivity contribution >= 4 is 5.95 Å². The maximum atomic E-state index is 4.45. The number of piperidine rings is 1. The fourth-order valence-corrected chi connectivity index (χ4v) is 2.77. The minimum atomic E-state index is 0.617. The molecule has 1 N–H and O–H groups in total. The van der Waals surface area contributed by atoms with Crippen LogP contribution in [-0.4, -0.2) is 54.2 Å². The van der Waals surface area contributed by atoms with Gasteiger partial charge in [0.15, 0.2) is 0 Å². The lowest BCUT2D eigenvalue weighted by Crippen LogP contribution is -2.45. The number of hydrogen-bond acceptors (Lipinski definition) is 4. The summed E-state index contributed by atoms with van der Waals surface area (Å²) in [6, 6.07) is 0.617. The highest BCUT2D eigenvalue weighted by Gasteiger charge is 2.18. The smallest absolute Gasteiger partial charge is 0.204 e. The molecule has 108 valence electrons. The monoisotopic (exact) mass is 265 g/mol. The molecule has 1 aromatic rings. The first-order valence-electron chi connectivity index (χ1n) is 7.25. The lowest BCUT2D eigenvalue weighted by molar-refractivity contribution is 0.198. The summed E-state index contributed by atoms with van der Waals surface area (Å²) >= 11 is 0. The van der Waals surface area contributed by atoms with Gasteiger partial charge < -0.3 is 19.7 Å². The largest absolute Gasteiger partial charge is 0.348 e. The molecule has 1 aromatic heterocycles. The number of nitrogens with one attached hydrogen (secondary N) is 1. The molecule has 0 aromatic carbocycles. The Morgan fingerprint density at radius 3 is 2.89 bits per heavy atom. The summed E-state index contributed by atoms with van der Waals surface area (Å²) in [7, 11) is 6.14. The number of likely N-dealkylation sites (tertiary alicyclic amines) is 1. The number of nitrogens with zero attached hydrogens (tertiary/aromatic N) is 4. The van der Waals surface area contributed by atoms with Crippen LogP contribution in [0, 0.1) is 0 Å². The molecule has 1 saturated heterocycles. The van der Waals surface area contributed by atoms with Gasteiger partial charge in [-0.15, -0.1) is 0 Å². The molecule has 5 heteroatoms. The molecular formula is C14H27N5. The van der Waals surface area contributed by atoms with Gasteiger partial charge in [0.25, 0.3) is 0 Å². The number of aromatic nitrogens is 2. The Morgan fingerprint density at radius 2 is 2.26 bits per heavy atom. The Bertz CT molecular complexity index is 399. The number of likely N-dealkylation sites (N-methyl/N-ethyl adjacent to an activating group) is 1. The van der Waals surface area contributed by atoms with Crippen LogP contribution in [0.1, 0.15) is 25.5 Å². The Labute approximate surface area is 116 Å². The summed E-state index contributed by atoms with van der Waals surface area (Å²) in [5.74, 6) is 1.01. The molecule has 0 aliphatic carbocycles. The Balaban J connectivity index is 1.88. The van der Waals surface area contributed by atoms with Crippen molar-refractivity contribution in [1.29, 1.82) is 0 Å². The van der Waals surface area contributed by atoms with E-state index in [1.165, 1.54) is 31.6 Å². The second-order valence-electron chi connectivity index (χ2n) is 5.62. The van der Waals surface area contributed by atoms with Crippen LogP contribution in [0.5, 0.6) is 0 Å². The zero-order valence-corrected chi connectivity index (χ0v) is 12.7. The van der Waals surface area contributed by atoms with Gasteiger partial charge in [0, 0.05) is 40.3 Å². The summed E-state index contributed by atoms with van der Waals surface area (Å²) in [6.07, 6.45) is 4.57. The zero-order valence-electron chi connectivity index (χ0n) is 12.7. The second-order valence-corrected chi connectivity index (χ2v) is 5.62. The van der Waals surface area contributed by atoms with Crippen LogP contribution >= 0.6 is 0 Å². The number of imidazole rings is 1. The molecular weight excluding hydrogens is 238 g/mol. The minimum Gasteiger partial charge on any atom is -0.348 e. The Hall–Kier alpha value is -1.07. The fraction of sp³-hybridized carbons (Fsp3) is 0.786. The van der Waals surface area contributed by atoms with Crippen molar-refractivity contribution in [2.75, 3.05) is 38.6 Å². The maximum Gasteiger partial charge on any atom is 0.204 e. The molecule has 2 rings (SSSR count). The van der Waals surface area contributed by atoms with Crippen molar-refractivity contribution in [1.82, 2.24) is 19.8 Å². The van der Waals surface area contributed by atoms with E-state index in [0.717, 1.165) is 19.0 Å². The summed E-state index contributed by atoms with van der Waals surface area (Å²) in [6.45, 7) is 6.74. The molecule has 0 amide bonds. The van der Waals surface area contributed by atoms with Crippen molar-refractivity contribution in [2.45, 2.75) is 32.4 Å². The summed E-state index contributed by atoms with van der Waals surface area (Å²) in [5.41, 5.74) is 1.25. The number of hydrogen-bond donors (Lipinski definition) is 1. The van der Waals surface area contributed by atoms with E-state index >= 15 is 0 Å². The van der Waals surface area contributed by atoms with E-state index < -0.39 is 0 Å². The van der Waals surface area contributed by atoms with Crippen LogP contribution in [0.25, 0.3) is 0 Å². The SMILES string of the molecule is CCN1CCCC(NCc2cnc(N(C)C)n2C)C1. The summed E-state index contributed by atoms with van der Waals surface area (Å²) in [5, 5.41) is 3.67. The lowest BCUT2D eigenvalue weighted by atomic mass is 10.1. The quantitative estimate of drug-likeness (QED) is 0.864. The summed E-state index contributed by atoms with van der Waals surface area (Å²) < 4.78 is 2.16. The normalized spacial score (nSPS) is 20.7. The third kappa shape index (κ3) is 3.48. The molecule has 0 spiro atoms. The second kappa shape index (κ2) is 6.39. The highest BCUT2D eigenvalue weighted by atomic mass is 15.3. The molecule has 1 aliphatic rings. The van der Waals surface area contributed by atoms with E-state index in [-0.39, 0.29) is 0 Å². The van der Waals surface area contributed by atoms with Gasteiger partial charge in [0.2, 0.25) is 5.95 Å². The Morgan fingerprint density at radius 1 is 1.47 bits per heavy atom. The molecule has 1 aliphatic heterocycles. The van der Waals surface area contributed by atoms with Crippen molar-refractivity contribution in [3.63, 3.8) is 0 Å². The van der Waals surface area contributed by atoms with Gasteiger partial charge in [-0.3, -0.25) is 0 Å². The first kappa shape index (κ1) is 14.3. The number of anilines is 1. The average Bonchev–Trinajstić information content (AvgIpc) is 2.78. The van der Waals surface area contributed by atoms with Crippen molar-refractivity contribution in [3.05, 3.63) is 11.9 Å². The highest BCUT2D eigenvalue weighted by molar-refractivity contribution is 5.30. The average molecular weight is 265 g/mol. The van der Waals surface area contributed by atoms with Gasteiger partial charge in [0.1, 0.15) is 0 Å². The zero-order chi connectivity index (χ0) is 13.8. The van der Waals surface area contributed by atoms with Gasteiger partial charge in [-0.05, 0) is 25.9 Å². The fourth-order valence-electron chi connectivity index (χ4n) is 2.77. The number of rotatable bonds is 5. The van der Waals surface area contributed by atoms with E-state index in [2.05, 4.69) is 33.7 Å². The lowest BCUT2D eigenvalue weighted by Gasteiger charge is -2.32. The van der Waals surface area contributed by atoms with Crippen molar-refractivity contribution in [3.8, 4) is 0 Å². The molecule has 0 bridgehead atoms. The van der Waals surface area contributed by atoms with Crippen LogP contribution in [0.3, 0.4) is 0 Å². The molecule has 19 heavy (non-hydrogen) atoms. The molecule has 2 heterocycles. The van der Waals surface area contributed by atoms with E-state index in [1.54, 1.807) is 0 Å². The molecule has 0 radical (unpaired) electrons. The van der Waals surface area contributed by atoms with E-state index in [9.17, 15) is 0 Å². The van der Waals surface area contributed by atoms with Crippen LogP contribution in [-0.2, 0) is 13.6 Å². The van der Waals surface area contributed by atoms with E-state index in [0.29, 0.717) is 6.04 Å². The molecule has 1 fully saturated rings. The van der Waals surface area contributed by atoms with Gasteiger partial charge in [-0.25, -0.2) is 4.98 Å². The molecule has 1 atom stereocenters. The van der Waals surface area contributed by atoms with E-state index in [1.807, 2.05) is 25.2 Å². The van der Waals surface area contributed by atoms with Gasteiger partial charge in [-0.1, -0.05) is 6.92 Å².